The monoisotopic (exact) mass is 209 g/mol. The van der Waals surface area contributed by atoms with Gasteiger partial charge in [0.15, 0.2) is 11.5 Å². The van der Waals surface area contributed by atoms with E-state index in [2.05, 4.69) is 15.0 Å². The van der Waals surface area contributed by atoms with E-state index in [0.717, 1.165) is 0 Å². The third-order valence-electron chi connectivity index (χ3n) is 1.84. The Balaban J connectivity index is 2.66. The predicted octanol–water partition coefficient (Wildman–Crippen LogP) is 0.188. The summed E-state index contributed by atoms with van der Waals surface area (Å²) in [5, 5.41) is 0. The Morgan fingerprint density at radius 1 is 1.36 bits per heavy atom. The maximum Gasteiger partial charge on any atom is 0.224 e. The van der Waals surface area contributed by atoms with Gasteiger partial charge >= 0.3 is 0 Å². The number of aryl methyl sites for hydroxylation is 1. The summed E-state index contributed by atoms with van der Waals surface area (Å²) in [5.41, 5.74) is 12.3. The van der Waals surface area contributed by atoms with E-state index in [-0.39, 0.29) is 5.95 Å². The van der Waals surface area contributed by atoms with E-state index in [9.17, 15) is 0 Å². The minimum absolute atomic E-state index is 0.154. The fourth-order valence-corrected chi connectivity index (χ4v) is 1.44. The van der Waals surface area contributed by atoms with Crippen molar-refractivity contribution in [1.29, 1.82) is 0 Å². The lowest BCUT2D eigenvalue weighted by atomic mass is 10.5. The molecule has 0 fully saturated rings. The zero-order valence-corrected chi connectivity index (χ0v) is 8.16. The Hall–Kier alpha value is -1.50. The largest absolute Gasteiger partial charge is 0.382 e. The fourth-order valence-electron chi connectivity index (χ4n) is 1.25. The molecule has 0 spiro atoms. The molecular formula is C7H9N6S. The number of rotatable bonds is 2. The van der Waals surface area contributed by atoms with Crippen LogP contribution in [0.2, 0.25) is 0 Å². The zero-order chi connectivity index (χ0) is 10.1. The standard InChI is InChI=1S/C7H9N6S/c8-5-4-6(12-7(9)11-5)13(1-2-14)3-10-4/h3H,1-2H2,(H4,8,9,11,12). The molecule has 6 nitrogen and oxygen atoms in total. The lowest BCUT2D eigenvalue weighted by molar-refractivity contribution is 0.788. The van der Waals surface area contributed by atoms with Crippen LogP contribution in [0.25, 0.3) is 11.2 Å². The zero-order valence-electron chi connectivity index (χ0n) is 7.34. The third-order valence-corrected chi connectivity index (χ3v) is 2.02. The Kier molecular flexibility index (Phi) is 2.16. The highest BCUT2D eigenvalue weighted by Gasteiger charge is 2.08. The summed E-state index contributed by atoms with van der Waals surface area (Å²) >= 11 is 4.87. The van der Waals surface area contributed by atoms with Crippen LogP contribution in [0.15, 0.2) is 6.33 Å². The fraction of sp³-hybridized carbons (Fsp3) is 0.286. The highest BCUT2D eigenvalue weighted by molar-refractivity contribution is 7.80. The van der Waals surface area contributed by atoms with Crippen molar-refractivity contribution in [2.24, 2.45) is 0 Å². The lowest BCUT2D eigenvalue weighted by Gasteiger charge is -2.00. The first kappa shape index (κ1) is 9.07. The first-order chi connectivity index (χ1) is 6.72. The van der Waals surface area contributed by atoms with Gasteiger partial charge in [-0.2, -0.15) is 9.97 Å². The molecule has 0 bridgehead atoms. The summed E-state index contributed by atoms with van der Waals surface area (Å²) < 4.78 is 1.82. The number of aromatic nitrogens is 4. The summed E-state index contributed by atoms with van der Waals surface area (Å²) in [4.78, 5) is 12.0. The quantitative estimate of drug-likeness (QED) is 0.736. The van der Waals surface area contributed by atoms with Crippen LogP contribution in [0.3, 0.4) is 0 Å². The van der Waals surface area contributed by atoms with Gasteiger partial charge in [-0.3, -0.25) is 0 Å². The van der Waals surface area contributed by atoms with E-state index in [4.69, 9.17) is 24.1 Å². The highest BCUT2D eigenvalue weighted by Crippen LogP contribution is 2.16. The average molecular weight is 209 g/mol. The SMILES string of the molecule is Nc1nc(N)c2ncn(CC[S])c2n1. The molecule has 7 heteroatoms. The molecule has 0 unspecified atom stereocenters. The molecule has 0 aliphatic rings. The van der Waals surface area contributed by atoms with Crippen molar-refractivity contribution >= 4 is 35.6 Å². The molecule has 1 radical (unpaired) electrons. The van der Waals surface area contributed by atoms with Crippen LogP contribution < -0.4 is 11.5 Å². The normalized spacial score (nSPS) is 10.9. The summed E-state index contributed by atoms with van der Waals surface area (Å²) in [6.45, 7) is 0.668. The molecule has 0 aliphatic heterocycles. The van der Waals surface area contributed by atoms with Crippen LogP contribution in [0.1, 0.15) is 0 Å². The molecule has 0 saturated heterocycles. The van der Waals surface area contributed by atoms with Crippen LogP contribution >= 0.6 is 12.6 Å². The molecule has 2 aromatic heterocycles. The number of nitrogens with zero attached hydrogens (tertiary/aromatic N) is 4. The van der Waals surface area contributed by atoms with Crippen molar-refractivity contribution in [3.05, 3.63) is 6.33 Å². The summed E-state index contributed by atoms with van der Waals surface area (Å²) in [6, 6.07) is 0. The van der Waals surface area contributed by atoms with Crippen molar-refractivity contribution < 1.29 is 0 Å². The number of nitrogen functional groups attached to an aromatic ring is 2. The van der Waals surface area contributed by atoms with Gasteiger partial charge in [0.1, 0.15) is 5.52 Å². The number of hydrogen-bond acceptors (Lipinski definition) is 5. The van der Waals surface area contributed by atoms with E-state index >= 15 is 0 Å². The summed E-state index contributed by atoms with van der Waals surface area (Å²) in [6.07, 6.45) is 1.64. The molecule has 73 valence electrons. The minimum atomic E-state index is 0.154. The van der Waals surface area contributed by atoms with Crippen LogP contribution in [0, 0.1) is 0 Å². The lowest BCUT2D eigenvalue weighted by Crippen LogP contribution is -2.04. The van der Waals surface area contributed by atoms with Crippen molar-refractivity contribution in [2.45, 2.75) is 6.54 Å². The van der Waals surface area contributed by atoms with E-state index in [0.29, 0.717) is 29.3 Å². The topological polar surface area (TPSA) is 95.6 Å². The second-order valence-electron chi connectivity index (χ2n) is 2.78. The third kappa shape index (κ3) is 1.35. The molecule has 14 heavy (non-hydrogen) atoms. The molecule has 4 N–H and O–H groups in total. The number of hydrogen-bond donors (Lipinski definition) is 2. The molecule has 2 heterocycles. The molecule has 0 atom stereocenters. The highest BCUT2D eigenvalue weighted by atomic mass is 32.1. The second-order valence-corrected chi connectivity index (χ2v) is 3.19. The van der Waals surface area contributed by atoms with Crippen molar-refractivity contribution in [3.63, 3.8) is 0 Å². The number of anilines is 2. The van der Waals surface area contributed by atoms with Crippen LogP contribution in [0.4, 0.5) is 11.8 Å². The average Bonchev–Trinajstić information content (AvgIpc) is 2.49. The number of imidazole rings is 1. The van der Waals surface area contributed by atoms with Crippen LogP contribution in [-0.4, -0.2) is 25.3 Å². The van der Waals surface area contributed by atoms with Gasteiger partial charge in [0, 0.05) is 12.3 Å². The van der Waals surface area contributed by atoms with E-state index in [1.165, 1.54) is 0 Å². The van der Waals surface area contributed by atoms with Crippen molar-refractivity contribution in [2.75, 3.05) is 17.2 Å². The minimum Gasteiger partial charge on any atom is -0.382 e. The number of nitrogens with two attached hydrogens (primary N) is 2. The maximum absolute atomic E-state index is 5.63. The molecule has 0 aliphatic carbocycles. The van der Waals surface area contributed by atoms with E-state index < -0.39 is 0 Å². The van der Waals surface area contributed by atoms with Crippen molar-refractivity contribution in [3.8, 4) is 0 Å². The van der Waals surface area contributed by atoms with Crippen LogP contribution in [0.5, 0.6) is 0 Å². The Morgan fingerprint density at radius 2 is 2.14 bits per heavy atom. The van der Waals surface area contributed by atoms with Gasteiger partial charge in [0.05, 0.1) is 6.33 Å². The molecule has 0 aromatic carbocycles. The van der Waals surface area contributed by atoms with Gasteiger partial charge in [-0.1, -0.05) is 12.6 Å². The van der Waals surface area contributed by atoms with Gasteiger partial charge < -0.3 is 16.0 Å². The van der Waals surface area contributed by atoms with Crippen LogP contribution in [-0.2, 0) is 6.54 Å². The van der Waals surface area contributed by atoms with Gasteiger partial charge in [0.2, 0.25) is 5.95 Å². The van der Waals surface area contributed by atoms with Gasteiger partial charge in [-0.05, 0) is 0 Å². The molecule has 0 saturated carbocycles. The number of fused-ring (bicyclic) bond motifs is 1. The molecule has 0 amide bonds. The summed E-state index contributed by atoms with van der Waals surface area (Å²) in [5.74, 6) is 1.05. The first-order valence-corrected chi connectivity index (χ1v) is 4.62. The smallest absolute Gasteiger partial charge is 0.224 e. The first-order valence-electron chi connectivity index (χ1n) is 4.04. The summed E-state index contributed by atoms with van der Waals surface area (Å²) in [7, 11) is 0. The second kappa shape index (κ2) is 3.33. The van der Waals surface area contributed by atoms with Crippen molar-refractivity contribution in [1.82, 2.24) is 19.5 Å². The Bertz CT molecular complexity index is 464. The molecule has 2 aromatic rings. The molecular weight excluding hydrogens is 200 g/mol. The van der Waals surface area contributed by atoms with E-state index in [1.54, 1.807) is 6.33 Å². The Morgan fingerprint density at radius 3 is 2.86 bits per heavy atom. The molecule has 2 rings (SSSR count). The Labute approximate surface area is 85.8 Å². The maximum atomic E-state index is 5.63. The van der Waals surface area contributed by atoms with Gasteiger partial charge in [-0.25, -0.2) is 4.98 Å². The van der Waals surface area contributed by atoms with E-state index in [1.807, 2.05) is 4.57 Å². The van der Waals surface area contributed by atoms with Gasteiger partial charge in [0.25, 0.3) is 0 Å². The van der Waals surface area contributed by atoms with Gasteiger partial charge in [-0.15, -0.1) is 0 Å². The predicted molar refractivity (Wildman–Crippen MR) is 56.6 cm³/mol.